The monoisotopic (exact) mass is 329 g/mol. The normalized spacial score (nSPS) is 21.5. The Labute approximate surface area is 141 Å². The molecule has 1 aromatic carbocycles. The summed E-state index contributed by atoms with van der Waals surface area (Å²) in [6.45, 7) is 2.75. The number of phenols is 1. The van der Waals surface area contributed by atoms with Gasteiger partial charge in [-0.15, -0.1) is 0 Å². The standard InChI is InChI=1S/C17H23N5O2/c1-2-12(10-22-8-7-18-11-22)19-17(24)15-9-14(20-21-15)13-5-3-4-6-16(13)23/h3-8,11-12,14-15,20-21,23H,2,9-10H2,1H3,(H,19,24). The lowest BCUT2D eigenvalue weighted by Gasteiger charge is -2.19. The number of benzene rings is 1. The van der Waals surface area contributed by atoms with Crippen LogP contribution in [0.25, 0.3) is 0 Å². The molecule has 2 heterocycles. The summed E-state index contributed by atoms with van der Waals surface area (Å²) in [7, 11) is 0. The van der Waals surface area contributed by atoms with Crippen LogP contribution in [-0.2, 0) is 11.3 Å². The number of carbonyl (C=O) groups is 1. The van der Waals surface area contributed by atoms with Gasteiger partial charge in [-0.2, -0.15) is 0 Å². The van der Waals surface area contributed by atoms with Gasteiger partial charge in [0.1, 0.15) is 11.8 Å². The van der Waals surface area contributed by atoms with Gasteiger partial charge in [-0.1, -0.05) is 25.1 Å². The summed E-state index contributed by atoms with van der Waals surface area (Å²) in [6.07, 6.45) is 6.79. The molecule has 1 amide bonds. The Kier molecular flexibility index (Phi) is 5.12. The van der Waals surface area contributed by atoms with Gasteiger partial charge in [0, 0.05) is 30.5 Å². The number of hydrogen-bond acceptors (Lipinski definition) is 5. The number of aromatic nitrogens is 2. The maximum atomic E-state index is 12.5. The Hall–Kier alpha value is -2.38. The lowest BCUT2D eigenvalue weighted by atomic mass is 10.0. The van der Waals surface area contributed by atoms with Crippen LogP contribution in [0.4, 0.5) is 0 Å². The average Bonchev–Trinajstić information content (AvgIpc) is 3.26. The molecule has 1 aliphatic rings. The third-order valence-corrected chi connectivity index (χ3v) is 4.36. The molecule has 2 aromatic rings. The molecule has 24 heavy (non-hydrogen) atoms. The molecular weight excluding hydrogens is 306 g/mol. The van der Waals surface area contributed by atoms with Crippen molar-refractivity contribution >= 4 is 5.91 Å². The van der Waals surface area contributed by atoms with Gasteiger partial charge in [0.25, 0.3) is 0 Å². The number of amides is 1. The van der Waals surface area contributed by atoms with Crippen molar-refractivity contribution in [3.8, 4) is 5.75 Å². The fraction of sp³-hybridized carbons (Fsp3) is 0.412. The topological polar surface area (TPSA) is 91.2 Å². The molecule has 1 saturated heterocycles. The van der Waals surface area contributed by atoms with Crippen LogP contribution in [0.3, 0.4) is 0 Å². The van der Waals surface area contributed by atoms with Crippen LogP contribution in [0.15, 0.2) is 43.0 Å². The second kappa shape index (κ2) is 7.46. The van der Waals surface area contributed by atoms with Gasteiger partial charge >= 0.3 is 0 Å². The van der Waals surface area contributed by atoms with Crippen molar-refractivity contribution < 1.29 is 9.90 Å². The Morgan fingerprint density at radius 2 is 2.29 bits per heavy atom. The summed E-state index contributed by atoms with van der Waals surface area (Å²) in [5.74, 6) is 0.205. The van der Waals surface area contributed by atoms with Crippen LogP contribution >= 0.6 is 0 Å². The van der Waals surface area contributed by atoms with Crippen molar-refractivity contribution in [1.82, 2.24) is 25.7 Å². The van der Waals surface area contributed by atoms with Crippen LogP contribution in [0.5, 0.6) is 5.75 Å². The van der Waals surface area contributed by atoms with Gasteiger partial charge in [-0.05, 0) is 18.9 Å². The van der Waals surface area contributed by atoms with E-state index in [0.717, 1.165) is 12.0 Å². The van der Waals surface area contributed by atoms with Crippen molar-refractivity contribution in [3.63, 3.8) is 0 Å². The van der Waals surface area contributed by atoms with Crippen molar-refractivity contribution in [1.29, 1.82) is 0 Å². The Bertz CT molecular complexity index is 673. The molecule has 0 saturated carbocycles. The molecule has 0 bridgehead atoms. The van der Waals surface area contributed by atoms with Crippen molar-refractivity contribution in [2.75, 3.05) is 0 Å². The molecule has 0 spiro atoms. The Morgan fingerprint density at radius 1 is 1.46 bits per heavy atom. The highest BCUT2D eigenvalue weighted by Crippen LogP contribution is 2.29. The van der Waals surface area contributed by atoms with Crippen LogP contribution in [0.1, 0.15) is 31.4 Å². The summed E-state index contributed by atoms with van der Waals surface area (Å²) in [4.78, 5) is 16.5. The maximum Gasteiger partial charge on any atom is 0.238 e. The molecule has 3 atom stereocenters. The first-order valence-electron chi connectivity index (χ1n) is 8.22. The molecule has 3 unspecified atom stereocenters. The number of imidazole rings is 1. The first-order valence-corrected chi connectivity index (χ1v) is 8.22. The minimum absolute atomic E-state index is 0.0348. The number of phenolic OH excluding ortho intramolecular Hbond substituents is 1. The van der Waals surface area contributed by atoms with E-state index in [1.54, 1.807) is 24.7 Å². The number of rotatable bonds is 6. The van der Waals surface area contributed by atoms with Crippen molar-refractivity contribution in [2.45, 2.75) is 44.4 Å². The van der Waals surface area contributed by atoms with Crippen molar-refractivity contribution in [2.24, 2.45) is 0 Å². The number of hydrazine groups is 1. The Balaban J connectivity index is 1.57. The molecule has 0 radical (unpaired) electrons. The van der Waals surface area contributed by atoms with Crippen LogP contribution in [0.2, 0.25) is 0 Å². The fourth-order valence-corrected chi connectivity index (χ4v) is 2.94. The summed E-state index contributed by atoms with van der Waals surface area (Å²) < 4.78 is 1.96. The van der Waals surface area contributed by atoms with Gasteiger partial charge in [0.15, 0.2) is 0 Å². The van der Waals surface area contributed by atoms with Gasteiger partial charge in [0.2, 0.25) is 5.91 Å². The van der Waals surface area contributed by atoms with E-state index in [-0.39, 0.29) is 29.8 Å². The average molecular weight is 329 g/mol. The summed E-state index contributed by atoms with van der Waals surface area (Å²) in [5.41, 5.74) is 6.92. The minimum atomic E-state index is -0.327. The quantitative estimate of drug-likeness (QED) is 0.637. The molecule has 7 heteroatoms. The lowest BCUT2D eigenvalue weighted by Crippen LogP contribution is -2.47. The van der Waals surface area contributed by atoms with E-state index in [1.165, 1.54) is 0 Å². The molecule has 7 nitrogen and oxygen atoms in total. The zero-order valence-electron chi connectivity index (χ0n) is 13.6. The second-order valence-electron chi connectivity index (χ2n) is 6.06. The lowest BCUT2D eigenvalue weighted by molar-refractivity contribution is -0.123. The van der Waals surface area contributed by atoms with Crippen LogP contribution in [0, 0.1) is 0 Å². The SMILES string of the molecule is CCC(Cn1ccnc1)NC(=O)C1CC(c2ccccc2O)NN1. The number of para-hydroxylation sites is 1. The van der Waals surface area contributed by atoms with Crippen LogP contribution in [-0.4, -0.2) is 32.6 Å². The highest BCUT2D eigenvalue weighted by Gasteiger charge is 2.32. The van der Waals surface area contributed by atoms with E-state index < -0.39 is 0 Å². The van der Waals surface area contributed by atoms with Crippen LogP contribution < -0.4 is 16.2 Å². The molecule has 0 aliphatic carbocycles. The second-order valence-corrected chi connectivity index (χ2v) is 6.06. The van der Waals surface area contributed by atoms with E-state index in [4.69, 9.17) is 0 Å². The zero-order valence-corrected chi connectivity index (χ0v) is 13.6. The fourth-order valence-electron chi connectivity index (χ4n) is 2.94. The van der Waals surface area contributed by atoms with E-state index in [9.17, 15) is 9.90 Å². The third kappa shape index (κ3) is 3.74. The summed E-state index contributed by atoms with van der Waals surface area (Å²) in [5, 5.41) is 13.0. The molecule has 128 valence electrons. The number of hydrogen-bond donors (Lipinski definition) is 4. The molecule has 1 fully saturated rings. The largest absolute Gasteiger partial charge is 0.508 e. The van der Waals surface area contributed by atoms with Gasteiger partial charge in [-0.3, -0.25) is 4.79 Å². The molecule has 3 rings (SSSR count). The first kappa shape index (κ1) is 16.5. The molecule has 1 aromatic heterocycles. The molecule has 1 aliphatic heterocycles. The van der Waals surface area contributed by atoms with E-state index in [0.29, 0.717) is 13.0 Å². The highest BCUT2D eigenvalue weighted by molar-refractivity contribution is 5.82. The zero-order chi connectivity index (χ0) is 16.9. The third-order valence-electron chi connectivity index (χ3n) is 4.36. The molecule has 4 N–H and O–H groups in total. The predicted octanol–water partition coefficient (Wildman–Crippen LogP) is 1.09. The maximum absolute atomic E-state index is 12.5. The molecular formula is C17H23N5O2. The van der Waals surface area contributed by atoms with Gasteiger partial charge in [0.05, 0.1) is 12.4 Å². The van der Waals surface area contributed by atoms with E-state index in [1.807, 2.05) is 29.8 Å². The Morgan fingerprint density at radius 3 is 3.00 bits per heavy atom. The minimum Gasteiger partial charge on any atom is -0.508 e. The van der Waals surface area contributed by atoms with E-state index in [2.05, 4.69) is 21.2 Å². The smallest absolute Gasteiger partial charge is 0.238 e. The number of nitrogens with zero attached hydrogens (tertiary/aromatic N) is 2. The summed E-state index contributed by atoms with van der Waals surface area (Å²) >= 11 is 0. The first-order chi connectivity index (χ1) is 11.7. The van der Waals surface area contributed by atoms with Crippen molar-refractivity contribution in [3.05, 3.63) is 48.5 Å². The van der Waals surface area contributed by atoms with Gasteiger partial charge in [-0.25, -0.2) is 15.8 Å². The summed E-state index contributed by atoms with van der Waals surface area (Å²) in [6, 6.07) is 6.82. The highest BCUT2D eigenvalue weighted by atomic mass is 16.3. The van der Waals surface area contributed by atoms with E-state index >= 15 is 0 Å². The van der Waals surface area contributed by atoms with Gasteiger partial charge < -0.3 is 15.0 Å². The number of carbonyl (C=O) groups excluding carboxylic acids is 1. The predicted molar refractivity (Wildman–Crippen MR) is 90.0 cm³/mol. The number of nitrogens with one attached hydrogen (secondary N) is 3. The number of aromatic hydroxyl groups is 1.